The predicted molar refractivity (Wildman–Crippen MR) is 88.7 cm³/mol. The summed E-state index contributed by atoms with van der Waals surface area (Å²) in [6.45, 7) is 0. The lowest BCUT2D eigenvalue weighted by atomic mass is 9.97. The predicted octanol–water partition coefficient (Wildman–Crippen LogP) is 2.91. The average molecular weight is 304 g/mol. The molecule has 0 spiro atoms. The van der Waals surface area contributed by atoms with Crippen molar-refractivity contribution in [3.8, 4) is 22.4 Å². The number of aromatic nitrogens is 3. The molecule has 114 valence electrons. The van der Waals surface area contributed by atoms with Gasteiger partial charge in [0, 0.05) is 37.6 Å². The molecule has 0 saturated heterocycles. The Labute approximate surface area is 134 Å². The van der Waals surface area contributed by atoms with E-state index in [9.17, 15) is 4.79 Å². The first-order valence-corrected chi connectivity index (χ1v) is 7.21. The van der Waals surface area contributed by atoms with Crippen molar-refractivity contribution in [2.45, 2.75) is 0 Å². The van der Waals surface area contributed by atoms with Gasteiger partial charge in [0.15, 0.2) is 0 Å². The van der Waals surface area contributed by atoms with Gasteiger partial charge in [0.05, 0.1) is 11.8 Å². The summed E-state index contributed by atoms with van der Waals surface area (Å²) in [4.78, 5) is 18.4. The Balaban J connectivity index is 2.27. The lowest BCUT2D eigenvalue weighted by Gasteiger charge is -2.16. The van der Waals surface area contributed by atoms with E-state index in [0.717, 1.165) is 16.7 Å². The standard InChI is InChI=1S/C18H16N4O/c1-22(2)18(23)16-15(13-7-4-3-5-8-13)12-20-21-17(16)14-9-6-10-19-11-14/h3-12H,1-2H3. The Morgan fingerprint density at radius 3 is 2.35 bits per heavy atom. The van der Waals surface area contributed by atoms with Gasteiger partial charge in [-0.2, -0.15) is 5.10 Å². The number of pyridine rings is 1. The molecular weight excluding hydrogens is 288 g/mol. The molecule has 0 aliphatic heterocycles. The molecule has 5 heteroatoms. The second kappa shape index (κ2) is 6.36. The van der Waals surface area contributed by atoms with E-state index in [2.05, 4.69) is 15.2 Å². The van der Waals surface area contributed by atoms with Crippen LogP contribution in [0.5, 0.6) is 0 Å². The molecule has 0 aliphatic carbocycles. The Bertz CT molecular complexity index is 759. The topological polar surface area (TPSA) is 59.0 Å². The number of hydrogen-bond acceptors (Lipinski definition) is 4. The largest absolute Gasteiger partial charge is 0.345 e. The molecule has 5 nitrogen and oxygen atoms in total. The molecule has 0 atom stereocenters. The molecule has 2 aromatic heterocycles. The number of amides is 1. The van der Waals surface area contributed by atoms with Gasteiger partial charge in [0.1, 0.15) is 5.69 Å². The number of hydrogen-bond donors (Lipinski definition) is 0. The van der Waals surface area contributed by atoms with Crippen LogP contribution in [0.1, 0.15) is 10.4 Å². The first-order chi connectivity index (χ1) is 11.2. The molecule has 1 aromatic carbocycles. The minimum Gasteiger partial charge on any atom is -0.345 e. The summed E-state index contributed by atoms with van der Waals surface area (Å²) in [6, 6.07) is 13.4. The lowest BCUT2D eigenvalue weighted by molar-refractivity contribution is 0.0828. The smallest absolute Gasteiger partial charge is 0.256 e. The van der Waals surface area contributed by atoms with E-state index < -0.39 is 0 Å². The van der Waals surface area contributed by atoms with Gasteiger partial charge < -0.3 is 4.90 Å². The Kier molecular flexibility index (Phi) is 4.10. The van der Waals surface area contributed by atoms with Crippen molar-refractivity contribution in [2.75, 3.05) is 14.1 Å². The molecule has 23 heavy (non-hydrogen) atoms. The number of nitrogens with zero attached hydrogens (tertiary/aromatic N) is 4. The van der Waals surface area contributed by atoms with Crippen molar-refractivity contribution in [1.29, 1.82) is 0 Å². The van der Waals surface area contributed by atoms with Crippen molar-refractivity contribution in [3.63, 3.8) is 0 Å². The molecule has 0 unspecified atom stereocenters. The summed E-state index contributed by atoms with van der Waals surface area (Å²) in [7, 11) is 3.45. The molecule has 3 rings (SSSR count). The highest BCUT2D eigenvalue weighted by Crippen LogP contribution is 2.30. The number of benzene rings is 1. The second-order valence-corrected chi connectivity index (χ2v) is 5.29. The Hall–Kier alpha value is -3.08. The minimum absolute atomic E-state index is 0.113. The SMILES string of the molecule is CN(C)C(=O)c1c(-c2ccccc2)cnnc1-c1cccnc1. The van der Waals surface area contributed by atoms with E-state index in [1.165, 1.54) is 0 Å². The quantitative estimate of drug-likeness (QED) is 0.746. The zero-order valence-electron chi connectivity index (χ0n) is 13.0. The zero-order valence-corrected chi connectivity index (χ0v) is 13.0. The van der Waals surface area contributed by atoms with E-state index in [1.54, 1.807) is 37.6 Å². The maximum absolute atomic E-state index is 12.8. The van der Waals surface area contributed by atoms with Gasteiger partial charge in [-0.05, 0) is 17.7 Å². The van der Waals surface area contributed by atoms with E-state index in [0.29, 0.717) is 11.3 Å². The van der Waals surface area contributed by atoms with Gasteiger partial charge in [0.2, 0.25) is 0 Å². The fraction of sp³-hybridized carbons (Fsp3) is 0.111. The van der Waals surface area contributed by atoms with E-state index in [-0.39, 0.29) is 5.91 Å². The molecule has 2 heterocycles. The Morgan fingerprint density at radius 2 is 1.70 bits per heavy atom. The van der Waals surface area contributed by atoms with Crippen molar-refractivity contribution in [3.05, 3.63) is 66.6 Å². The normalized spacial score (nSPS) is 10.3. The molecule has 0 N–H and O–H groups in total. The fourth-order valence-corrected chi connectivity index (χ4v) is 2.37. The van der Waals surface area contributed by atoms with Crippen LogP contribution < -0.4 is 0 Å². The third-order valence-electron chi connectivity index (χ3n) is 3.49. The highest BCUT2D eigenvalue weighted by molar-refractivity contribution is 6.05. The highest BCUT2D eigenvalue weighted by Gasteiger charge is 2.22. The lowest BCUT2D eigenvalue weighted by Crippen LogP contribution is -2.24. The van der Waals surface area contributed by atoms with Crippen molar-refractivity contribution in [1.82, 2.24) is 20.1 Å². The van der Waals surface area contributed by atoms with Crippen LogP contribution in [0.4, 0.5) is 0 Å². The highest BCUT2D eigenvalue weighted by atomic mass is 16.2. The van der Waals surface area contributed by atoms with Crippen LogP contribution in [0, 0.1) is 0 Å². The summed E-state index contributed by atoms with van der Waals surface area (Å²) < 4.78 is 0. The minimum atomic E-state index is -0.113. The van der Waals surface area contributed by atoms with Crippen molar-refractivity contribution >= 4 is 5.91 Å². The van der Waals surface area contributed by atoms with Gasteiger partial charge in [-0.1, -0.05) is 30.3 Å². The van der Waals surface area contributed by atoms with Crippen molar-refractivity contribution < 1.29 is 4.79 Å². The summed E-state index contributed by atoms with van der Waals surface area (Å²) in [5.74, 6) is -0.113. The molecule has 0 bridgehead atoms. The summed E-state index contributed by atoms with van der Waals surface area (Å²) in [5, 5.41) is 8.29. The van der Waals surface area contributed by atoms with Gasteiger partial charge in [0.25, 0.3) is 5.91 Å². The van der Waals surface area contributed by atoms with Crippen LogP contribution in [-0.4, -0.2) is 40.1 Å². The fourth-order valence-electron chi connectivity index (χ4n) is 2.37. The van der Waals surface area contributed by atoms with Crippen LogP contribution >= 0.6 is 0 Å². The molecule has 0 radical (unpaired) electrons. The first-order valence-electron chi connectivity index (χ1n) is 7.21. The maximum atomic E-state index is 12.8. The van der Waals surface area contributed by atoms with Crippen LogP contribution in [0.25, 0.3) is 22.4 Å². The van der Waals surface area contributed by atoms with Crippen LogP contribution in [0.3, 0.4) is 0 Å². The third kappa shape index (κ3) is 2.94. The number of carbonyl (C=O) groups is 1. The third-order valence-corrected chi connectivity index (χ3v) is 3.49. The van der Waals surface area contributed by atoms with E-state index in [1.807, 2.05) is 42.5 Å². The van der Waals surface area contributed by atoms with Gasteiger partial charge >= 0.3 is 0 Å². The number of rotatable bonds is 3. The summed E-state index contributed by atoms with van der Waals surface area (Å²) >= 11 is 0. The molecule has 0 aliphatic rings. The summed E-state index contributed by atoms with van der Waals surface area (Å²) in [6.07, 6.45) is 5.00. The Morgan fingerprint density at radius 1 is 0.957 bits per heavy atom. The zero-order chi connectivity index (χ0) is 16.2. The molecule has 1 amide bonds. The molecule has 0 saturated carbocycles. The average Bonchev–Trinajstić information content (AvgIpc) is 2.62. The summed E-state index contributed by atoms with van der Waals surface area (Å²) in [5.41, 5.74) is 3.53. The first kappa shape index (κ1) is 14.8. The van der Waals surface area contributed by atoms with E-state index in [4.69, 9.17) is 0 Å². The second-order valence-electron chi connectivity index (χ2n) is 5.29. The maximum Gasteiger partial charge on any atom is 0.256 e. The monoisotopic (exact) mass is 304 g/mol. The van der Waals surface area contributed by atoms with Gasteiger partial charge in [-0.25, -0.2) is 0 Å². The van der Waals surface area contributed by atoms with Crippen molar-refractivity contribution in [2.24, 2.45) is 0 Å². The van der Waals surface area contributed by atoms with E-state index >= 15 is 0 Å². The molecule has 3 aromatic rings. The van der Waals surface area contributed by atoms with Crippen LogP contribution in [0.2, 0.25) is 0 Å². The number of carbonyl (C=O) groups excluding carboxylic acids is 1. The molecule has 0 fully saturated rings. The van der Waals surface area contributed by atoms with Gasteiger partial charge in [-0.15, -0.1) is 5.10 Å². The van der Waals surface area contributed by atoms with Crippen LogP contribution in [-0.2, 0) is 0 Å². The van der Waals surface area contributed by atoms with Gasteiger partial charge in [-0.3, -0.25) is 9.78 Å². The molecular formula is C18H16N4O. The van der Waals surface area contributed by atoms with Crippen LogP contribution in [0.15, 0.2) is 61.1 Å².